The van der Waals surface area contributed by atoms with Crippen molar-refractivity contribution in [2.45, 2.75) is 31.1 Å². The van der Waals surface area contributed by atoms with Gasteiger partial charge < -0.3 is 14.4 Å². The van der Waals surface area contributed by atoms with Crippen LogP contribution in [-0.2, 0) is 14.8 Å². The van der Waals surface area contributed by atoms with Gasteiger partial charge >= 0.3 is 0 Å². The molecule has 3 rings (SSSR count). The molecule has 1 aliphatic rings. The highest BCUT2D eigenvalue weighted by molar-refractivity contribution is 7.92. The molecule has 1 amide bonds. The van der Waals surface area contributed by atoms with Crippen molar-refractivity contribution >= 4 is 27.3 Å². The second kappa shape index (κ2) is 8.10. The van der Waals surface area contributed by atoms with Crippen molar-refractivity contribution < 1.29 is 22.7 Å². The number of hydrogen-bond acceptors (Lipinski definition) is 5. The van der Waals surface area contributed by atoms with Crippen LogP contribution in [0.3, 0.4) is 0 Å². The Morgan fingerprint density at radius 1 is 1.00 bits per heavy atom. The molecule has 1 fully saturated rings. The molecule has 0 radical (unpaired) electrons. The second-order valence-corrected chi connectivity index (χ2v) is 8.31. The molecule has 0 aliphatic carbocycles. The van der Waals surface area contributed by atoms with Crippen LogP contribution in [0, 0.1) is 6.92 Å². The Morgan fingerprint density at radius 2 is 1.71 bits per heavy atom. The smallest absolute Gasteiger partial charge is 0.261 e. The van der Waals surface area contributed by atoms with Crippen molar-refractivity contribution in [2.24, 2.45) is 0 Å². The molecule has 150 valence electrons. The fourth-order valence-corrected chi connectivity index (χ4v) is 4.39. The first-order valence-electron chi connectivity index (χ1n) is 9.01. The van der Waals surface area contributed by atoms with Crippen molar-refractivity contribution in [1.82, 2.24) is 0 Å². The molecule has 1 N–H and O–H groups in total. The molecule has 0 bridgehead atoms. The quantitative estimate of drug-likeness (QED) is 0.798. The lowest BCUT2D eigenvalue weighted by Gasteiger charge is -2.28. The number of hydrogen-bond donors (Lipinski definition) is 1. The molecule has 0 spiro atoms. The molecule has 28 heavy (non-hydrogen) atoms. The largest absolute Gasteiger partial charge is 0.496 e. The zero-order chi connectivity index (χ0) is 20.3. The predicted molar refractivity (Wildman–Crippen MR) is 108 cm³/mol. The van der Waals surface area contributed by atoms with Crippen molar-refractivity contribution in [1.29, 1.82) is 0 Å². The van der Waals surface area contributed by atoms with Crippen molar-refractivity contribution in [2.75, 3.05) is 30.4 Å². The number of carbonyl (C=O) groups is 1. The average Bonchev–Trinajstić information content (AvgIpc) is 2.68. The Morgan fingerprint density at radius 3 is 2.36 bits per heavy atom. The van der Waals surface area contributed by atoms with Gasteiger partial charge in [0, 0.05) is 13.0 Å². The summed E-state index contributed by atoms with van der Waals surface area (Å²) < 4.78 is 38.7. The van der Waals surface area contributed by atoms with E-state index in [1.165, 1.54) is 20.3 Å². The highest BCUT2D eigenvalue weighted by atomic mass is 32.2. The van der Waals surface area contributed by atoms with Gasteiger partial charge in [0.1, 0.15) is 11.5 Å². The van der Waals surface area contributed by atoms with Crippen LogP contribution in [0.1, 0.15) is 24.8 Å². The summed E-state index contributed by atoms with van der Waals surface area (Å²) in [6, 6.07) is 9.58. The molecule has 1 heterocycles. The average molecular weight is 404 g/mol. The van der Waals surface area contributed by atoms with E-state index in [9.17, 15) is 13.2 Å². The lowest BCUT2D eigenvalue weighted by Crippen LogP contribution is -2.35. The summed E-state index contributed by atoms with van der Waals surface area (Å²) in [5.74, 6) is 1.16. The highest BCUT2D eigenvalue weighted by Gasteiger charge is 2.24. The topological polar surface area (TPSA) is 84.9 Å². The van der Waals surface area contributed by atoms with E-state index in [1.807, 2.05) is 0 Å². The second-order valence-electron chi connectivity index (χ2n) is 6.63. The Balaban J connectivity index is 1.92. The van der Waals surface area contributed by atoms with Gasteiger partial charge in [0.15, 0.2) is 0 Å². The van der Waals surface area contributed by atoms with Gasteiger partial charge in [-0.2, -0.15) is 0 Å². The predicted octanol–water partition coefficient (Wildman–Crippen LogP) is 3.33. The van der Waals surface area contributed by atoms with E-state index in [2.05, 4.69) is 4.72 Å². The molecule has 0 aromatic heterocycles. The third kappa shape index (κ3) is 4.06. The SMILES string of the molecule is COc1ccc(S(=O)(=O)Nc2ccc(OC)c(N3CCCCC3=O)c2)cc1C. The van der Waals surface area contributed by atoms with Crippen LogP contribution in [0.4, 0.5) is 11.4 Å². The number of piperidine rings is 1. The van der Waals surface area contributed by atoms with Gasteiger partial charge in [-0.3, -0.25) is 9.52 Å². The molecule has 7 nitrogen and oxygen atoms in total. The van der Waals surface area contributed by atoms with Gasteiger partial charge in [-0.1, -0.05) is 0 Å². The van der Waals surface area contributed by atoms with Gasteiger partial charge in [0.2, 0.25) is 5.91 Å². The number of anilines is 2. The molecule has 0 atom stereocenters. The van der Waals surface area contributed by atoms with Crippen molar-refractivity contribution in [3.05, 3.63) is 42.0 Å². The number of nitrogens with zero attached hydrogens (tertiary/aromatic N) is 1. The third-order valence-electron chi connectivity index (χ3n) is 4.72. The Labute approximate surface area is 165 Å². The number of rotatable bonds is 6. The molecule has 0 unspecified atom stereocenters. The van der Waals surface area contributed by atoms with Crippen LogP contribution in [0.5, 0.6) is 11.5 Å². The number of ether oxygens (including phenoxy) is 2. The van der Waals surface area contributed by atoms with Crippen LogP contribution in [0.25, 0.3) is 0 Å². The number of amides is 1. The minimum Gasteiger partial charge on any atom is -0.496 e. The van der Waals surface area contributed by atoms with E-state index in [0.717, 1.165) is 18.4 Å². The van der Waals surface area contributed by atoms with E-state index in [-0.39, 0.29) is 10.8 Å². The van der Waals surface area contributed by atoms with Crippen molar-refractivity contribution in [3.63, 3.8) is 0 Å². The number of methoxy groups -OCH3 is 2. The molecular weight excluding hydrogens is 380 g/mol. The first-order valence-corrected chi connectivity index (χ1v) is 10.5. The first-order chi connectivity index (χ1) is 13.4. The number of nitrogens with one attached hydrogen (secondary N) is 1. The molecule has 1 saturated heterocycles. The molecule has 0 saturated carbocycles. The summed E-state index contributed by atoms with van der Waals surface area (Å²) in [7, 11) is -0.729. The summed E-state index contributed by atoms with van der Waals surface area (Å²) in [5, 5.41) is 0. The molecule has 2 aromatic carbocycles. The van der Waals surface area contributed by atoms with Crippen LogP contribution in [0.15, 0.2) is 41.3 Å². The molecule has 2 aromatic rings. The maximum atomic E-state index is 12.8. The molecular formula is C20H24N2O5S. The van der Waals surface area contributed by atoms with Gasteiger partial charge in [-0.25, -0.2) is 8.42 Å². The first kappa shape index (κ1) is 20.0. The van der Waals surface area contributed by atoms with E-state index >= 15 is 0 Å². The number of sulfonamides is 1. The van der Waals surface area contributed by atoms with Gasteiger partial charge in [-0.05, 0) is 61.7 Å². The van der Waals surface area contributed by atoms with E-state index < -0.39 is 10.0 Å². The van der Waals surface area contributed by atoms with Gasteiger partial charge in [0.05, 0.1) is 30.5 Å². The van der Waals surface area contributed by atoms with Crippen LogP contribution in [-0.4, -0.2) is 35.1 Å². The van der Waals surface area contributed by atoms with Crippen LogP contribution >= 0.6 is 0 Å². The number of benzene rings is 2. The normalized spacial score (nSPS) is 14.7. The van der Waals surface area contributed by atoms with E-state index in [0.29, 0.717) is 35.8 Å². The zero-order valence-electron chi connectivity index (χ0n) is 16.2. The summed E-state index contributed by atoms with van der Waals surface area (Å²) in [5.41, 5.74) is 1.65. The third-order valence-corrected chi connectivity index (χ3v) is 6.10. The maximum Gasteiger partial charge on any atom is 0.261 e. The summed E-state index contributed by atoms with van der Waals surface area (Å²) in [4.78, 5) is 14.1. The van der Waals surface area contributed by atoms with Gasteiger partial charge in [-0.15, -0.1) is 0 Å². The fraction of sp³-hybridized carbons (Fsp3) is 0.350. The van der Waals surface area contributed by atoms with Crippen LogP contribution < -0.4 is 19.1 Å². The Bertz CT molecular complexity index is 988. The van der Waals surface area contributed by atoms with E-state index in [1.54, 1.807) is 42.2 Å². The van der Waals surface area contributed by atoms with Gasteiger partial charge in [0.25, 0.3) is 10.0 Å². The Kier molecular flexibility index (Phi) is 5.79. The van der Waals surface area contributed by atoms with Crippen molar-refractivity contribution in [3.8, 4) is 11.5 Å². The lowest BCUT2D eigenvalue weighted by atomic mass is 10.1. The standard InChI is InChI=1S/C20H24N2O5S/c1-14-12-16(8-10-18(14)26-2)28(24,25)21-15-7-9-19(27-3)17(13-15)22-11-5-4-6-20(22)23/h7-10,12-13,21H,4-6,11H2,1-3H3. The van der Waals surface area contributed by atoms with Crippen LogP contribution in [0.2, 0.25) is 0 Å². The summed E-state index contributed by atoms with van der Waals surface area (Å²) in [6.45, 7) is 2.37. The summed E-state index contributed by atoms with van der Waals surface area (Å²) >= 11 is 0. The number of aryl methyl sites for hydroxylation is 1. The Hall–Kier alpha value is -2.74. The number of carbonyl (C=O) groups excluding carboxylic acids is 1. The maximum absolute atomic E-state index is 12.8. The highest BCUT2D eigenvalue weighted by Crippen LogP contribution is 2.34. The zero-order valence-corrected chi connectivity index (χ0v) is 17.0. The minimum absolute atomic E-state index is 0.00957. The monoisotopic (exact) mass is 404 g/mol. The lowest BCUT2D eigenvalue weighted by molar-refractivity contribution is -0.119. The molecule has 1 aliphatic heterocycles. The fourth-order valence-electron chi connectivity index (χ4n) is 3.26. The van der Waals surface area contributed by atoms with E-state index in [4.69, 9.17) is 9.47 Å². The minimum atomic E-state index is -3.79. The molecule has 8 heteroatoms. The summed E-state index contributed by atoms with van der Waals surface area (Å²) in [6.07, 6.45) is 2.24.